The lowest BCUT2D eigenvalue weighted by Crippen LogP contribution is -2.08. The molecule has 0 aromatic heterocycles. The Bertz CT molecular complexity index is 226. The predicted octanol–water partition coefficient (Wildman–Crippen LogP) is 4.19. The molecule has 100 valence electrons. The highest BCUT2D eigenvalue weighted by atomic mass is 19.1. The second-order valence-corrected chi connectivity index (χ2v) is 4.51. The van der Waals surface area contributed by atoms with Crippen LogP contribution >= 0.6 is 0 Å². The van der Waals surface area contributed by atoms with E-state index in [9.17, 15) is 9.18 Å². The SMILES string of the molecule is C=C(C)C(=O)OCCCC(F)CCCCCC. The first-order valence-corrected chi connectivity index (χ1v) is 6.54. The van der Waals surface area contributed by atoms with Crippen molar-refractivity contribution in [1.82, 2.24) is 0 Å². The van der Waals surface area contributed by atoms with Crippen molar-refractivity contribution in [1.29, 1.82) is 0 Å². The van der Waals surface area contributed by atoms with Gasteiger partial charge in [-0.3, -0.25) is 0 Å². The van der Waals surface area contributed by atoms with E-state index < -0.39 is 6.17 Å². The molecule has 0 N–H and O–H groups in total. The number of carbonyl (C=O) groups excluding carboxylic acids is 1. The van der Waals surface area contributed by atoms with E-state index in [-0.39, 0.29) is 5.97 Å². The molecule has 0 aromatic carbocycles. The van der Waals surface area contributed by atoms with Crippen LogP contribution in [0.25, 0.3) is 0 Å². The highest BCUT2D eigenvalue weighted by Crippen LogP contribution is 2.12. The molecular formula is C14H25FO2. The number of rotatable bonds is 10. The second-order valence-electron chi connectivity index (χ2n) is 4.51. The second kappa shape index (κ2) is 10.3. The number of carbonyl (C=O) groups is 1. The molecule has 0 aromatic rings. The molecule has 0 spiro atoms. The topological polar surface area (TPSA) is 26.3 Å². The van der Waals surface area contributed by atoms with Crippen molar-refractivity contribution in [2.75, 3.05) is 6.61 Å². The van der Waals surface area contributed by atoms with Crippen molar-refractivity contribution in [2.24, 2.45) is 0 Å². The molecule has 0 saturated carbocycles. The summed E-state index contributed by atoms with van der Waals surface area (Å²) in [4.78, 5) is 11.0. The van der Waals surface area contributed by atoms with Crippen molar-refractivity contribution in [3.05, 3.63) is 12.2 Å². The molecule has 0 bridgehead atoms. The first kappa shape index (κ1) is 16.1. The van der Waals surface area contributed by atoms with Gasteiger partial charge in [-0.25, -0.2) is 9.18 Å². The van der Waals surface area contributed by atoms with Gasteiger partial charge in [-0.15, -0.1) is 0 Å². The summed E-state index contributed by atoms with van der Waals surface area (Å²) in [6, 6.07) is 0. The Morgan fingerprint density at radius 2 is 1.88 bits per heavy atom. The number of ether oxygens (including phenoxy) is 1. The van der Waals surface area contributed by atoms with E-state index >= 15 is 0 Å². The predicted molar refractivity (Wildman–Crippen MR) is 68.7 cm³/mol. The van der Waals surface area contributed by atoms with Crippen molar-refractivity contribution in [2.45, 2.75) is 65.0 Å². The van der Waals surface area contributed by atoms with Gasteiger partial charge in [0.2, 0.25) is 0 Å². The molecule has 17 heavy (non-hydrogen) atoms. The number of halogens is 1. The Balaban J connectivity index is 3.35. The third-order valence-corrected chi connectivity index (χ3v) is 2.61. The lowest BCUT2D eigenvalue weighted by molar-refractivity contribution is -0.139. The Morgan fingerprint density at radius 1 is 1.24 bits per heavy atom. The molecule has 1 unspecified atom stereocenters. The minimum atomic E-state index is -0.754. The first-order chi connectivity index (χ1) is 8.07. The zero-order valence-electron chi connectivity index (χ0n) is 11.1. The molecular weight excluding hydrogens is 219 g/mol. The van der Waals surface area contributed by atoms with Gasteiger partial charge in [0, 0.05) is 5.57 Å². The number of hydrogen-bond acceptors (Lipinski definition) is 2. The van der Waals surface area contributed by atoms with Crippen molar-refractivity contribution < 1.29 is 13.9 Å². The molecule has 3 heteroatoms. The quantitative estimate of drug-likeness (QED) is 0.327. The maximum Gasteiger partial charge on any atom is 0.333 e. The molecule has 0 aliphatic heterocycles. The summed E-state index contributed by atoms with van der Waals surface area (Å²) in [5.41, 5.74) is 0.390. The Hall–Kier alpha value is -0.860. The van der Waals surface area contributed by atoms with Crippen molar-refractivity contribution in [3.63, 3.8) is 0 Å². The van der Waals surface area contributed by atoms with Crippen LogP contribution in [0.3, 0.4) is 0 Å². The molecule has 0 aliphatic rings. The minimum absolute atomic E-state index is 0.293. The number of alkyl halides is 1. The smallest absolute Gasteiger partial charge is 0.333 e. The van der Waals surface area contributed by atoms with E-state index in [0.717, 1.165) is 12.8 Å². The highest BCUT2D eigenvalue weighted by Gasteiger charge is 2.07. The molecule has 0 rings (SSSR count). The van der Waals surface area contributed by atoms with Gasteiger partial charge in [0.1, 0.15) is 6.17 Å². The first-order valence-electron chi connectivity index (χ1n) is 6.54. The highest BCUT2D eigenvalue weighted by molar-refractivity contribution is 5.86. The standard InChI is InChI=1S/C14H25FO2/c1-4-5-6-7-9-13(15)10-8-11-17-14(16)12(2)3/h13H,2,4-11H2,1,3H3. The van der Waals surface area contributed by atoms with Crippen LogP contribution < -0.4 is 0 Å². The van der Waals surface area contributed by atoms with E-state index in [1.165, 1.54) is 12.8 Å². The Labute approximate surface area is 104 Å². The van der Waals surface area contributed by atoms with Crippen LogP contribution in [0.15, 0.2) is 12.2 Å². The van der Waals surface area contributed by atoms with Crippen LogP contribution in [0.2, 0.25) is 0 Å². The fourth-order valence-corrected chi connectivity index (χ4v) is 1.53. The normalized spacial score (nSPS) is 12.2. The van der Waals surface area contributed by atoms with E-state index in [0.29, 0.717) is 31.4 Å². The summed E-state index contributed by atoms with van der Waals surface area (Å²) in [6.07, 6.45) is 5.38. The molecule has 0 saturated heterocycles. The van der Waals surface area contributed by atoms with Gasteiger partial charge >= 0.3 is 5.97 Å². The van der Waals surface area contributed by atoms with Crippen LogP contribution in [0.1, 0.15) is 58.8 Å². The summed E-state index contributed by atoms with van der Waals surface area (Å²) in [7, 11) is 0. The van der Waals surface area contributed by atoms with E-state index in [2.05, 4.69) is 13.5 Å². The van der Waals surface area contributed by atoms with Gasteiger partial charge in [-0.05, 0) is 26.2 Å². The minimum Gasteiger partial charge on any atom is -0.462 e. The Morgan fingerprint density at radius 3 is 2.47 bits per heavy atom. The van der Waals surface area contributed by atoms with Crippen LogP contribution in [-0.2, 0) is 9.53 Å². The van der Waals surface area contributed by atoms with Crippen LogP contribution in [0.5, 0.6) is 0 Å². The van der Waals surface area contributed by atoms with E-state index in [1.807, 2.05) is 0 Å². The van der Waals surface area contributed by atoms with Crippen LogP contribution in [0, 0.1) is 0 Å². The zero-order valence-corrected chi connectivity index (χ0v) is 11.1. The van der Waals surface area contributed by atoms with Gasteiger partial charge in [0.15, 0.2) is 0 Å². The van der Waals surface area contributed by atoms with Gasteiger partial charge in [0.25, 0.3) is 0 Å². The van der Waals surface area contributed by atoms with E-state index in [4.69, 9.17) is 4.74 Å². The third kappa shape index (κ3) is 10.0. The molecule has 0 heterocycles. The molecule has 0 amide bonds. The van der Waals surface area contributed by atoms with Gasteiger partial charge in [-0.2, -0.15) is 0 Å². The summed E-state index contributed by atoms with van der Waals surface area (Å²) in [5, 5.41) is 0. The van der Waals surface area contributed by atoms with Gasteiger partial charge < -0.3 is 4.74 Å². The van der Waals surface area contributed by atoms with E-state index in [1.54, 1.807) is 6.92 Å². The summed E-state index contributed by atoms with van der Waals surface area (Å²) in [6.45, 7) is 7.52. The molecule has 0 fully saturated rings. The fraction of sp³-hybridized carbons (Fsp3) is 0.786. The largest absolute Gasteiger partial charge is 0.462 e. The van der Waals surface area contributed by atoms with Crippen LogP contribution in [0.4, 0.5) is 4.39 Å². The third-order valence-electron chi connectivity index (χ3n) is 2.61. The van der Waals surface area contributed by atoms with Crippen LogP contribution in [-0.4, -0.2) is 18.7 Å². The Kier molecular flexibility index (Phi) is 9.78. The molecule has 0 aliphatic carbocycles. The molecule has 2 nitrogen and oxygen atoms in total. The van der Waals surface area contributed by atoms with Gasteiger partial charge in [-0.1, -0.05) is 39.2 Å². The number of hydrogen-bond donors (Lipinski definition) is 0. The van der Waals surface area contributed by atoms with Gasteiger partial charge in [0.05, 0.1) is 6.61 Å². The number of unbranched alkanes of at least 4 members (excludes halogenated alkanes) is 3. The molecule has 0 radical (unpaired) electrons. The maximum absolute atomic E-state index is 13.4. The fourth-order valence-electron chi connectivity index (χ4n) is 1.53. The summed E-state index contributed by atoms with van der Waals surface area (Å²) in [5.74, 6) is -0.386. The zero-order chi connectivity index (χ0) is 13.1. The monoisotopic (exact) mass is 244 g/mol. The van der Waals surface area contributed by atoms with Crippen molar-refractivity contribution in [3.8, 4) is 0 Å². The number of esters is 1. The lowest BCUT2D eigenvalue weighted by atomic mass is 10.1. The molecule has 1 atom stereocenters. The average Bonchev–Trinajstić information content (AvgIpc) is 2.29. The maximum atomic E-state index is 13.4. The average molecular weight is 244 g/mol. The van der Waals surface area contributed by atoms with Crippen molar-refractivity contribution >= 4 is 5.97 Å². The summed E-state index contributed by atoms with van der Waals surface area (Å²) < 4.78 is 18.2. The summed E-state index contributed by atoms with van der Waals surface area (Å²) >= 11 is 0. The lowest BCUT2D eigenvalue weighted by Gasteiger charge is -2.08.